The Hall–Kier alpha value is -2.92. The van der Waals surface area contributed by atoms with Gasteiger partial charge in [-0.2, -0.15) is 10.2 Å². The number of piperidine rings is 1. The lowest BCUT2D eigenvalue weighted by Crippen LogP contribution is -2.57. The van der Waals surface area contributed by atoms with Gasteiger partial charge in [-0.25, -0.2) is 4.79 Å². The zero-order valence-corrected chi connectivity index (χ0v) is 17.0. The molecule has 3 rings (SSSR count). The first kappa shape index (κ1) is 23.4. The van der Waals surface area contributed by atoms with E-state index in [4.69, 9.17) is 4.42 Å². The highest BCUT2D eigenvalue weighted by Gasteiger charge is 2.36. The Morgan fingerprint density at radius 1 is 1.33 bits per heavy atom. The van der Waals surface area contributed by atoms with Crippen LogP contribution in [-0.2, 0) is 4.79 Å². The number of hydrogen-bond donors (Lipinski definition) is 3. The molecular weight excluding hydrogens is 382 g/mol. The summed E-state index contributed by atoms with van der Waals surface area (Å²) in [5, 5.41) is 19.6. The number of nitrogens with one attached hydrogen (secondary N) is 3. The van der Waals surface area contributed by atoms with Crippen LogP contribution in [0.15, 0.2) is 33.5 Å². The number of amides is 1. The number of nitrogens with zero attached hydrogens (tertiary/aromatic N) is 2. The van der Waals surface area contributed by atoms with Gasteiger partial charge in [0.25, 0.3) is 0 Å². The summed E-state index contributed by atoms with van der Waals surface area (Å²) in [6, 6.07) is 8.67. The van der Waals surface area contributed by atoms with Crippen molar-refractivity contribution in [3.05, 3.63) is 34.8 Å². The number of carbonyl (C=O) groups is 1. The van der Waals surface area contributed by atoms with Gasteiger partial charge in [0.2, 0.25) is 5.91 Å². The average molecular weight is 414 g/mol. The van der Waals surface area contributed by atoms with Gasteiger partial charge in [0.15, 0.2) is 0 Å². The summed E-state index contributed by atoms with van der Waals surface area (Å²) in [4.78, 5) is 29.0. The molecule has 162 valence electrons. The number of aromatic nitrogens is 1. The molecule has 1 aromatic heterocycles. The van der Waals surface area contributed by atoms with Gasteiger partial charge in [-0.15, -0.1) is 0 Å². The molecule has 0 aliphatic carbocycles. The molecule has 1 fully saturated rings. The molecule has 8 nitrogen and oxygen atoms in total. The summed E-state index contributed by atoms with van der Waals surface area (Å²) in [5.41, 5.74) is -0.652. The lowest BCUT2D eigenvalue weighted by Gasteiger charge is -2.34. The van der Waals surface area contributed by atoms with Crippen molar-refractivity contribution in [3.63, 3.8) is 0 Å². The summed E-state index contributed by atoms with van der Waals surface area (Å²) in [6.07, 6.45) is 1.59. The van der Waals surface area contributed by atoms with E-state index >= 15 is 0 Å². The predicted octanol–water partition coefficient (Wildman–Crippen LogP) is 2.80. The van der Waals surface area contributed by atoms with Crippen LogP contribution >= 0.6 is 0 Å². The lowest BCUT2D eigenvalue weighted by molar-refractivity contribution is -0.124. The molecule has 1 saturated heterocycles. The van der Waals surface area contributed by atoms with E-state index in [1.54, 1.807) is 18.2 Å². The topological polar surface area (TPSA) is 120 Å². The van der Waals surface area contributed by atoms with Gasteiger partial charge < -0.3 is 20.4 Å². The second kappa shape index (κ2) is 9.26. The quantitative estimate of drug-likeness (QED) is 0.689. The Bertz CT molecular complexity index is 981. The predicted molar refractivity (Wildman–Crippen MR) is 117 cm³/mol. The summed E-state index contributed by atoms with van der Waals surface area (Å²) in [5.74, 6) is -0.701. The number of hydrogen-bond acceptors (Lipinski definition) is 7. The average Bonchev–Trinajstić information content (AvgIpc) is 2.67. The zero-order chi connectivity index (χ0) is 21.1. The van der Waals surface area contributed by atoms with Crippen LogP contribution in [0.3, 0.4) is 0 Å². The minimum atomic E-state index is -0.884. The fourth-order valence-corrected chi connectivity index (χ4v) is 3.56. The Labute approximate surface area is 177 Å². The number of benzene rings is 1. The monoisotopic (exact) mass is 413 g/mol. The number of nitriles is 1. The second-order valence-corrected chi connectivity index (χ2v) is 8.72. The second-order valence-electron chi connectivity index (χ2n) is 8.72. The third kappa shape index (κ3) is 5.57. The van der Waals surface area contributed by atoms with E-state index in [9.17, 15) is 14.9 Å². The normalized spacial score (nSPS) is 16.7. The summed E-state index contributed by atoms with van der Waals surface area (Å²) in [7, 11) is 0. The molecule has 0 spiro atoms. The van der Waals surface area contributed by atoms with Crippen molar-refractivity contribution >= 4 is 22.7 Å². The van der Waals surface area contributed by atoms with Crippen molar-refractivity contribution in [2.45, 2.75) is 59.0 Å². The van der Waals surface area contributed by atoms with Gasteiger partial charge in [-0.3, -0.25) is 4.79 Å². The molecule has 1 aromatic carbocycles. The van der Waals surface area contributed by atoms with Crippen molar-refractivity contribution in [2.75, 3.05) is 18.4 Å². The standard InChI is InChI=1S/C21H27N5O3.CH4/c1-20(2,3)12-15(18(27)26-21(13-22)8-10-23-11-9-21)24-17-14-6-4-5-7-16(14)29-19(28)25-17;/h4-7,15,23H,8-12H2,1-3H3,(H,26,27)(H,24,25,28);1H4/t15-;/m0./s1. The van der Waals surface area contributed by atoms with Gasteiger partial charge >= 0.3 is 5.76 Å². The molecule has 1 aliphatic heterocycles. The van der Waals surface area contributed by atoms with Crippen LogP contribution in [0.1, 0.15) is 47.5 Å². The Kier molecular flexibility index (Phi) is 7.21. The van der Waals surface area contributed by atoms with Crippen LogP contribution < -0.4 is 21.7 Å². The van der Waals surface area contributed by atoms with Crippen molar-refractivity contribution in [3.8, 4) is 6.07 Å². The third-order valence-corrected chi connectivity index (χ3v) is 5.02. The Balaban J connectivity index is 0.00000320. The van der Waals surface area contributed by atoms with Crippen LogP contribution in [0.25, 0.3) is 11.0 Å². The smallest absolute Gasteiger partial charge is 0.408 e. The van der Waals surface area contributed by atoms with Crippen LogP contribution in [0.5, 0.6) is 0 Å². The van der Waals surface area contributed by atoms with Crippen molar-refractivity contribution in [1.29, 1.82) is 5.26 Å². The fraction of sp³-hybridized carbons (Fsp3) is 0.545. The first-order valence-electron chi connectivity index (χ1n) is 9.82. The summed E-state index contributed by atoms with van der Waals surface area (Å²) in [6.45, 7) is 7.45. The first-order valence-corrected chi connectivity index (χ1v) is 9.82. The molecule has 3 N–H and O–H groups in total. The zero-order valence-electron chi connectivity index (χ0n) is 17.0. The van der Waals surface area contributed by atoms with E-state index in [1.807, 2.05) is 26.8 Å². The van der Waals surface area contributed by atoms with Crippen LogP contribution in [-0.4, -0.2) is 35.6 Å². The largest absolute Gasteiger partial charge is 0.441 e. The molecule has 1 aliphatic rings. The molecule has 1 amide bonds. The molecule has 0 saturated carbocycles. The number of para-hydroxylation sites is 1. The number of carbonyl (C=O) groups excluding carboxylic acids is 1. The number of fused-ring (bicyclic) bond motifs is 1. The lowest BCUT2D eigenvalue weighted by atomic mass is 9.86. The van der Waals surface area contributed by atoms with E-state index in [2.05, 4.69) is 27.0 Å². The van der Waals surface area contributed by atoms with Crippen molar-refractivity contribution < 1.29 is 9.21 Å². The van der Waals surface area contributed by atoms with Gasteiger partial charge in [-0.05, 0) is 49.9 Å². The highest BCUT2D eigenvalue weighted by Crippen LogP contribution is 2.26. The highest BCUT2D eigenvalue weighted by molar-refractivity contribution is 5.91. The van der Waals surface area contributed by atoms with Crippen LogP contribution in [0, 0.1) is 16.7 Å². The summed E-state index contributed by atoms with van der Waals surface area (Å²) >= 11 is 0. The van der Waals surface area contributed by atoms with Gasteiger partial charge in [0.05, 0.1) is 11.5 Å². The molecule has 0 radical (unpaired) electrons. The molecule has 1 atom stereocenters. The SMILES string of the molecule is C.CC(C)(C)C[C@H](Nc1nc(=O)oc2ccccc12)C(=O)NC1(C#N)CCNCC1. The molecule has 2 aromatic rings. The minimum Gasteiger partial charge on any atom is -0.408 e. The van der Waals surface area contributed by atoms with Crippen LogP contribution in [0.4, 0.5) is 5.82 Å². The number of anilines is 1. The molecule has 30 heavy (non-hydrogen) atoms. The van der Waals surface area contributed by atoms with E-state index in [-0.39, 0.29) is 18.7 Å². The highest BCUT2D eigenvalue weighted by atomic mass is 16.4. The van der Waals surface area contributed by atoms with E-state index in [1.165, 1.54) is 0 Å². The van der Waals surface area contributed by atoms with Gasteiger partial charge in [-0.1, -0.05) is 40.3 Å². The van der Waals surface area contributed by atoms with E-state index in [0.717, 1.165) is 0 Å². The maximum atomic E-state index is 13.2. The maximum absolute atomic E-state index is 13.2. The summed E-state index contributed by atoms with van der Waals surface area (Å²) < 4.78 is 5.14. The van der Waals surface area contributed by atoms with E-state index < -0.39 is 17.3 Å². The van der Waals surface area contributed by atoms with Crippen LogP contribution in [0.2, 0.25) is 0 Å². The molecular formula is C22H31N5O3. The fourth-order valence-electron chi connectivity index (χ4n) is 3.56. The molecule has 0 unspecified atom stereocenters. The molecule has 8 heteroatoms. The maximum Gasteiger partial charge on any atom is 0.441 e. The third-order valence-electron chi connectivity index (χ3n) is 5.02. The van der Waals surface area contributed by atoms with Crippen molar-refractivity contribution in [2.24, 2.45) is 5.41 Å². The number of rotatable bonds is 5. The van der Waals surface area contributed by atoms with E-state index in [0.29, 0.717) is 49.1 Å². The minimum absolute atomic E-state index is 0. The Morgan fingerprint density at radius 2 is 2.00 bits per heavy atom. The molecule has 2 heterocycles. The van der Waals surface area contributed by atoms with Gasteiger partial charge in [0, 0.05) is 0 Å². The van der Waals surface area contributed by atoms with Crippen molar-refractivity contribution in [1.82, 2.24) is 15.6 Å². The first-order chi connectivity index (χ1) is 13.7. The Morgan fingerprint density at radius 3 is 2.63 bits per heavy atom. The molecule has 0 bridgehead atoms. The van der Waals surface area contributed by atoms with Gasteiger partial charge in [0.1, 0.15) is 23.0 Å².